The highest BCUT2D eigenvalue weighted by Crippen LogP contribution is 2.36. The van der Waals surface area contributed by atoms with Gasteiger partial charge in [0, 0.05) is 18.4 Å². The Hall–Kier alpha value is -2.11. The van der Waals surface area contributed by atoms with Crippen molar-refractivity contribution in [2.45, 2.75) is 19.3 Å². The first-order valence-corrected chi connectivity index (χ1v) is 10.4. The quantitative estimate of drug-likeness (QED) is 0.596. The molecule has 0 radical (unpaired) electrons. The van der Waals surface area contributed by atoms with Crippen molar-refractivity contribution in [2.75, 3.05) is 19.6 Å². The van der Waals surface area contributed by atoms with Crippen LogP contribution in [0.25, 0.3) is 21.2 Å². The van der Waals surface area contributed by atoms with E-state index in [2.05, 4.69) is 9.27 Å². The van der Waals surface area contributed by atoms with E-state index in [9.17, 15) is 9.18 Å². The molecule has 138 valence electrons. The summed E-state index contributed by atoms with van der Waals surface area (Å²) in [7, 11) is 0. The monoisotopic (exact) mass is 380 g/mol. The molecule has 0 amide bonds. The van der Waals surface area contributed by atoms with Crippen LogP contribution in [0.5, 0.6) is 0 Å². The van der Waals surface area contributed by atoms with Gasteiger partial charge in [0.15, 0.2) is 5.78 Å². The molecule has 3 aliphatic heterocycles. The molecule has 3 fully saturated rings. The minimum Gasteiger partial charge on any atom is -0.303 e. The maximum atomic E-state index is 13.5. The molecular weight excluding hydrogens is 359 g/mol. The fourth-order valence-corrected chi connectivity index (χ4v) is 5.47. The molecule has 3 saturated heterocycles. The van der Waals surface area contributed by atoms with Gasteiger partial charge in [-0.3, -0.25) is 4.79 Å². The molecule has 4 heterocycles. The standard InChI is InChI=1S/C22H21FN2OS/c23-18-3-1-2-15(10-18)16-4-5-19-21(12-16)27-24-22(19)20(26)11-17-13-25-8-6-14(17)7-9-25/h1-5,10,12,14,17H,6-9,11,13H2/t17-/m0/s1. The van der Waals surface area contributed by atoms with E-state index in [1.54, 1.807) is 6.07 Å². The van der Waals surface area contributed by atoms with Crippen molar-refractivity contribution in [1.82, 2.24) is 9.27 Å². The number of aromatic nitrogens is 1. The van der Waals surface area contributed by atoms with Crippen LogP contribution in [0.3, 0.4) is 0 Å². The molecule has 0 N–H and O–H groups in total. The number of piperidine rings is 3. The lowest BCUT2D eigenvalue weighted by Gasteiger charge is -2.44. The summed E-state index contributed by atoms with van der Waals surface area (Å²) in [4.78, 5) is 15.4. The lowest BCUT2D eigenvalue weighted by molar-refractivity contribution is 0.0440. The van der Waals surface area contributed by atoms with Crippen molar-refractivity contribution in [3.63, 3.8) is 0 Å². The number of nitrogens with zero attached hydrogens (tertiary/aromatic N) is 2. The summed E-state index contributed by atoms with van der Waals surface area (Å²) in [5, 5.41) is 0.923. The first-order valence-electron chi connectivity index (χ1n) is 9.58. The second-order valence-electron chi connectivity index (χ2n) is 7.78. The van der Waals surface area contributed by atoms with Gasteiger partial charge in [-0.15, -0.1) is 0 Å². The van der Waals surface area contributed by atoms with E-state index in [1.807, 2.05) is 24.3 Å². The Labute approximate surface area is 162 Å². The summed E-state index contributed by atoms with van der Waals surface area (Å²) < 4.78 is 19.0. The Bertz CT molecular complexity index is 1010. The van der Waals surface area contributed by atoms with Gasteiger partial charge in [0.2, 0.25) is 0 Å². The fourth-order valence-electron chi connectivity index (χ4n) is 4.64. The summed E-state index contributed by atoms with van der Waals surface area (Å²) in [6, 6.07) is 12.5. The summed E-state index contributed by atoms with van der Waals surface area (Å²) in [5.74, 6) is 1.09. The number of carbonyl (C=O) groups is 1. The number of hydrogen-bond donors (Lipinski definition) is 0. The van der Waals surface area contributed by atoms with Crippen molar-refractivity contribution in [1.29, 1.82) is 0 Å². The van der Waals surface area contributed by atoms with E-state index in [0.717, 1.165) is 27.8 Å². The van der Waals surface area contributed by atoms with Crippen molar-refractivity contribution in [3.05, 3.63) is 54.0 Å². The minimum absolute atomic E-state index is 0.165. The Morgan fingerprint density at radius 1 is 1.15 bits per heavy atom. The van der Waals surface area contributed by atoms with Gasteiger partial charge in [-0.1, -0.05) is 24.3 Å². The molecule has 1 aromatic heterocycles. The van der Waals surface area contributed by atoms with Gasteiger partial charge < -0.3 is 4.90 Å². The zero-order valence-corrected chi connectivity index (χ0v) is 15.8. The Kier molecular flexibility index (Phi) is 4.29. The molecule has 3 aromatic rings. The van der Waals surface area contributed by atoms with E-state index in [1.165, 1.54) is 49.6 Å². The average molecular weight is 380 g/mol. The molecule has 5 heteroatoms. The SMILES string of the molecule is O=C(C[C@H]1CN2CCC1CC2)c1nsc2cc(-c3cccc(F)c3)ccc12. The normalized spacial score (nSPS) is 24.4. The summed E-state index contributed by atoms with van der Waals surface area (Å²) in [6.45, 7) is 3.44. The van der Waals surface area contributed by atoms with Crippen LogP contribution in [0.2, 0.25) is 0 Å². The Morgan fingerprint density at radius 2 is 1.96 bits per heavy atom. The molecule has 2 bridgehead atoms. The van der Waals surface area contributed by atoms with Crippen LogP contribution in [0.1, 0.15) is 29.8 Å². The number of benzene rings is 2. The first kappa shape index (κ1) is 17.0. The lowest BCUT2D eigenvalue weighted by atomic mass is 9.76. The molecule has 0 saturated carbocycles. The zero-order chi connectivity index (χ0) is 18.4. The number of Topliss-reactive ketones (excluding diaryl/α,β-unsaturated/α-hetero) is 1. The maximum Gasteiger partial charge on any atom is 0.183 e. The predicted molar refractivity (Wildman–Crippen MR) is 107 cm³/mol. The number of carbonyl (C=O) groups excluding carboxylic acids is 1. The van der Waals surface area contributed by atoms with Gasteiger partial charge >= 0.3 is 0 Å². The third-order valence-electron chi connectivity index (χ3n) is 6.13. The van der Waals surface area contributed by atoms with E-state index in [0.29, 0.717) is 24.0 Å². The van der Waals surface area contributed by atoms with Crippen LogP contribution in [-0.4, -0.2) is 34.7 Å². The summed E-state index contributed by atoms with van der Waals surface area (Å²) in [6.07, 6.45) is 3.06. The second-order valence-corrected chi connectivity index (χ2v) is 8.58. The van der Waals surface area contributed by atoms with Crippen LogP contribution >= 0.6 is 11.5 Å². The number of rotatable bonds is 4. The predicted octanol–water partition coefficient (Wildman–Crippen LogP) is 5.02. The third-order valence-corrected chi connectivity index (χ3v) is 6.94. The Balaban J connectivity index is 1.40. The lowest BCUT2D eigenvalue weighted by Crippen LogP contribution is -2.47. The Morgan fingerprint density at radius 3 is 2.70 bits per heavy atom. The molecule has 0 spiro atoms. The van der Waals surface area contributed by atoms with Crippen molar-refractivity contribution in [3.8, 4) is 11.1 Å². The van der Waals surface area contributed by atoms with E-state index in [4.69, 9.17) is 0 Å². The van der Waals surface area contributed by atoms with Crippen LogP contribution < -0.4 is 0 Å². The van der Waals surface area contributed by atoms with Crippen molar-refractivity contribution < 1.29 is 9.18 Å². The van der Waals surface area contributed by atoms with Gasteiger partial charge in [0.25, 0.3) is 0 Å². The molecule has 3 aliphatic rings. The smallest absolute Gasteiger partial charge is 0.183 e. The van der Waals surface area contributed by atoms with Gasteiger partial charge in [0.1, 0.15) is 11.5 Å². The van der Waals surface area contributed by atoms with E-state index in [-0.39, 0.29) is 11.6 Å². The molecule has 3 nitrogen and oxygen atoms in total. The van der Waals surface area contributed by atoms with Crippen molar-refractivity contribution >= 4 is 27.4 Å². The van der Waals surface area contributed by atoms with Gasteiger partial charge in [-0.05, 0) is 78.6 Å². The van der Waals surface area contributed by atoms with Crippen molar-refractivity contribution in [2.24, 2.45) is 11.8 Å². The molecular formula is C22H21FN2OS. The van der Waals surface area contributed by atoms with Gasteiger partial charge in [-0.25, -0.2) is 4.39 Å². The highest BCUT2D eigenvalue weighted by atomic mass is 32.1. The highest BCUT2D eigenvalue weighted by molar-refractivity contribution is 7.13. The minimum atomic E-state index is -0.245. The topological polar surface area (TPSA) is 33.2 Å². The first-order chi connectivity index (χ1) is 13.2. The molecule has 1 atom stereocenters. The van der Waals surface area contributed by atoms with E-state index >= 15 is 0 Å². The number of halogens is 1. The van der Waals surface area contributed by atoms with Gasteiger partial charge in [-0.2, -0.15) is 4.37 Å². The second kappa shape index (κ2) is 6.80. The number of hydrogen-bond acceptors (Lipinski definition) is 4. The third kappa shape index (κ3) is 3.19. The molecule has 6 rings (SSSR count). The molecule has 0 aliphatic carbocycles. The van der Waals surface area contributed by atoms with Crippen LogP contribution in [0, 0.1) is 17.7 Å². The summed E-state index contributed by atoms with van der Waals surface area (Å²) >= 11 is 1.36. The maximum absolute atomic E-state index is 13.5. The van der Waals surface area contributed by atoms with Gasteiger partial charge in [0.05, 0.1) is 4.70 Å². The zero-order valence-electron chi connectivity index (χ0n) is 15.0. The van der Waals surface area contributed by atoms with Crippen LogP contribution in [0.15, 0.2) is 42.5 Å². The van der Waals surface area contributed by atoms with Crippen LogP contribution in [0.4, 0.5) is 4.39 Å². The number of ketones is 1. The number of fused-ring (bicyclic) bond motifs is 4. The van der Waals surface area contributed by atoms with Crippen LogP contribution in [-0.2, 0) is 0 Å². The molecule has 27 heavy (non-hydrogen) atoms. The highest BCUT2D eigenvalue weighted by Gasteiger charge is 2.35. The summed E-state index contributed by atoms with van der Waals surface area (Å²) in [5.41, 5.74) is 2.39. The van der Waals surface area contributed by atoms with E-state index < -0.39 is 0 Å². The molecule has 0 unspecified atom stereocenters. The molecule has 2 aromatic carbocycles. The largest absolute Gasteiger partial charge is 0.303 e. The fraction of sp³-hybridized carbons (Fsp3) is 0.364. The average Bonchev–Trinajstić information content (AvgIpc) is 3.12.